The van der Waals surface area contributed by atoms with Crippen LogP contribution in [0.1, 0.15) is 0 Å². The second-order valence-corrected chi connectivity index (χ2v) is 3.12. The molecule has 82 valence electrons. The van der Waals surface area contributed by atoms with Crippen LogP contribution in [0.25, 0.3) is 0 Å². The molecule has 2 N–H and O–H groups in total. The second-order valence-electron chi connectivity index (χ2n) is 2.72. The maximum atomic E-state index is 12.4. The molecular weight excluding hydrogens is 229 g/mol. The predicted octanol–water partition coefficient (Wildman–Crippen LogP) is 2.81. The maximum absolute atomic E-state index is 12.4. The van der Waals surface area contributed by atoms with Gasteiger partial charge in [-0.05, 0) is 6.08 Å². The van der Waals surface area contributed by atoms with Crippen molar-refractivity contribution < 1.29 is 13.2 Å². The summed E-state index contributed by atoms with van der Waals surface area (Å²) in [4.78, 5) is 1.12. The van der Waals surface area contributed by atoms with E-state index in [9.17, 15) is 13.2 Å². The van der Waals surface area contributed by atoms with E-state index in [1.165, 1.54) is 6.20 Å². The minimum atomic E-state index is -4.44. The van der Waals surface area contributed by atoms with Gasteiger partial charge in [0, 0.05) is 18.6 Å². The van der Waals surface area contributed by atoms with Gasteiger partial charge in [0.15, 0.2) is 0 Å². The molecule has 1 aliphatic rings. The molecule has 0 unspecified atom stereocenters. The van der Waals surface area contributed by atoms with Gasteiger partial charge < -0.3 is 10.6 Å². The van der Waals surface area contributed by atoms with Crippen molar-refractivity contribution in [2.45, 2.75) is 6.18 Å². The highest BCUT2D eigenvalue weighted by atomic mass is 35.5. The third-order valence-corrected chi connectivity index (χ3v) is 2.07. The standard InChI is InChI=1S/C9H8ClF3N2/c1-2-15-5-6(9(11,12)13)3-7(10)8(15)4-14/h2-5H,1,14H2/b8-4-. The highest BCUT2D eigenvalue weighted by Gasteiger charge is 2.35. The van der Waals surface area contributed by atoms with E-state index < -0.39 is 11.7 Å². The van der Waals surface area contributed by atoms with Crippen LogP contribution in [0.3, 0.4) is 0 Å². The van der Waals surface area contributed by atoms with Crippen LogP contribution in [0, 0.1) is 0 Å². The number of hydrogen-bond acceptors (Lipinski definition) is 2. The number of allylic oxidation sites excluding steroid dienone is 3. The predicted molar refractivity (Wildman–Crippen MR) is 52.4 cm³/mol. The quantitative estimate of drug-likeness (QED) is 0.759. The zero-order valence-corrected chi connectivity index (χ0v) is 8.31. The SMILES string of the molecule is C=CN1C=C(C(F)(F)F)C=C(Cl)/C1=C/N. The average Bonchev–Trinajstić information content (AvgIpc) is 2.15. The fourth-order valence-corrected chi connectivity index (χ4v) is 1.34. The molecule has 0 radical (unpaired) electrons. The number of rotatable bonds is 1. The van der Waals surface area contributed by atoms with Crippen molar-refractivity contribution in [1.82, 2.24) is 4.90 Å². The molecule has 0 amide bonds. The summed E-state index contributed by atoms with van der Waals surface area (Å²) in [5.74, 6) is 0. The molecule has 1 heterocycles. The van der Waals surface area contributed by atoms with Crippen molar-refractivity contribution in [1.29, 1.82) is 0 Å². The first-order valence-corrected chi connectivity index (χ1v) is 4.27. The summed E-state index contributed by atoms with van der Waals surface area (Å²) in [5, 5.41) is -0.0766. The van der Waals surface area contributed by atoms with Crippen LogP contribution in [0.5, 0.6) is 0 Å². The van der Waals surface area contributed by atoms with Gasteiger partial charge >= 0.3 is 6.18 Å². The Bertz CT molecular complexity index is 366. The van der Waals surface area contributed by atoms with Crippen molar-refractivity contribution in [3.63, 3.8) is 0 Å². The van der Waals surface area contributed by atoms with Crippen LogP contribution < -0.4 is 5.73 Å². The van der Waals surface area contributed by atoms with Crippen LogP contribution in [-0.4, -0.2) is 11.1 Å². The summed E-state index contributed by atoms with van der Waals surface area (Å²) in [6, 6.07) is 0. The normalized spacial score (nSPS) is 20.0. The molecule has 0 saturated heterocycles. The van der Waals surface area contributed by atoms with Crippen molar-refractivity contribution >= 4 is 11.6 Å². The van der Waals surface area contributed by atoms with E-state index in [4.69, 9.17) is 17.3 Å². The fourth-order valence-electron chi connectivity index (χ4n) is 1.06. The molecule has 0 aromatic heterocycles. The van der Waals surface area contributed by atoms with Crippen molar-refractivity contribution in [3.05, 3.63) is 47.6 Å². The Labute approximate surface area is 89.8 Å². The van der Waals surface area contributed by atoms with Crippen LogP contribution >= 0.6 is 11.6 Å². The second kappa shape index (κ2) is 4.02. The Kier molecular flexibility index (Phi) is 3.14. The van der Waals surface area contributed by atoms with Gasteiger partial charge in [-0.25, -0.2) is 0 Å². The van der Waals surface area contributed by atoms with Gasteiger partial charge in [0.2, 0.25) is 0 Å². The summed E-state index contributed by atoms with van der Waals surface area (Å²) >= 11 is 5.64. The molecule has 0 bridgehead atoms. The first-order valence-electron chi connectivity index (χ1n) is 3.89. The Morgan fingerprint density at radius 2 is 2.07 bits per heavy atom. The number of halogens is 4. The average molecular weight is 237 g/mol. The maximum Gasteiger partial charge on any atom is 0.417 e. The largest absolute Gasteiger partial charge is 0.417 e. The van der Waals surface area contributed by atoms with E-state index in [0.717, 1.165) is 23.4 Å². The molecule has 0 aliphatic carbocycles. The molecule has 1 rings (SSSR count). The molecule has 2 nitrogen and oxygen atoms in total. The smallest absolute Gasteiger partial charge is 0.403 e. The van der Waals surface area contributed by atoms with Crippen molar-refractivity contribution in [2.24, 2.45) is 5.73 Å². The van der Waals surface area contributed by atoms with Gasteiger partial charge in [-0.3, -0.25) is 0 Å². The molecule has 0 atom stereocenters. The third-order valence-electron chi connectivity index (χ3n) is 1.77. The Morgan fingerprint density at radius 3 is 2.47 bits per heavy atom. The van der Waals surface area contributed by atoms with Gasteiger partial charge in [0.25, 0.3) is 0 Å². The van der Waals surface area contributed by atoms with Crippen LogP contribution in [0.2, 0.25) is 0 Å². The molecule has 0 spiro atoms. The lowest BCUT2D eigenvalue weighted by molar-refractivity contribution is -0.0891. The van der Waals surface area contributed by atoms with E-state index in [1.54, 1.807) is 0 Å². The van der Waals surface area contributed by atoms with Gasteiger partial charge in [0.1, 0.15) is 0 Å². The van der Waals surface area contributed by atoms with E-state index in [0.29, 0.717) is 0 Å². The summed E-state index contributed by atoms with van der Waals surface area (Å²) in [5.41, 5.74) is 4.64. The van der Waals surface area contributed by atoms with E-state index in [-0.39, 0.29) is 10.7 Å². The van der Waals surface area contributed by atoms with Crippen molar-refractivity contribution in [3.8, 4) is 0 Å². The highest BCUT2D eigenvalue weighted by molar-refractivity contribution is 6.32. The van der Waals surface area contributed by atoms with Crippen molar-refractivity contribution in [2.75, 3.05) is 0 Å². The summed E-state index contributed by atoms with van der Waals surface area (Å²) in [6.45, 7) is 3.37. The van der Waals surface area contributed by atoms with Gasteiger partial charge in [-0.1, -0.05) is 18.2 Å². The van der Waals surface area contributed by atoms with E-state index in [2.05, 4.69) is 6.58 Å². The van der Waals surface area contributed by atoms with Gasteiger partial charge in [-0.2, -0.15) is 13.2 Å². The summed E-state index contributed by atoms with van der Waals surface area (Å²) < 4.78 is 37.1. The fraction of sp³-hybridized carbons (Fsp3) is 0.111. The number of nitrogens with two attached hydrogens (primary N) is 1. The first-order chi connectivity index (χ1) is 6.90. The zero-order valence-electron chi connectivity index (χ0n) is 7.55. The lowest BCUT2D eigenvalue weighted by Crippen LogP contribution is -2.21. The number of alkyl halides is 3. The first kappa shape index (κ1) is 11.7. The van der Waals surface area contributed by atoms with E-state index in [1.807, 2.05) is 0 Å². The molecule has 0 fully saturated rings. The zero-order chi connectivity index (χ0) is 11.6. The van der Waals surface area contributed by atoms with Gasteiger partial charge in [0.05, 0.1) is 16.3 Å². The van der Waals surface area contributed by atoms with Crippen LogP contribution in [-0.2, 0) is 0 Å². The number of nitrogens with zero attached hydrogens (tertiary/aromatic N) is 1. The Hall–Kier alpha value is -1.36. The van der Waals surface area contributed by atoms with Gasteiger partial charge in [-0.15, -0.1) is 0 Å². The van der Waals surface area contributed by atoms with Crippen LogP contribution in [0.4, 0.5) is 13.2 Å². The highest BCUT2D eigenvalue weighted by Crippen LogP contribution is 2.34. The molecule has 6 heteroatoms. The monoisotopic (exact) mass is 236 g/mol. The summed E-state index contributed by atoms with van der Waals surface area (Å²) in [6.07, 6.45) is -0.441. The minimum absolute atomic E-state index is 0.0766. The molecule has 0 aromatic carbocycles. The molecule has 1 aliphatic heterocycles. The Balaban J connectivity index is 3.18. The molecule has 0 saturated carbocycles. The summed E-state index contributed by atoms with van der Waals surface area (Å²) in [7, 11) is 0. The third kappa shape index (κ3) is 2.36. The lowest BCUT2D eigenvalue weighted by atomic mass is 10.1. The topological polar surface area (TPSA) is 29.3 Å². The molecule has 0 aromatic rings. The van der Waals surface area contributed by atoms with Crippen LogP contribution in [0.15, 0.2) is 47.6 Å². The minimum Gasteiger partial charge on any atom is -0.403 e. The molecule has 15 heavy (non-hydrogen) atoms. The molecular formula is C9H8ClF3N2. The van der Waals surface area contributed by atoms with E-state index >= 15 is 0 Å². The Morgan fingerprint density at radius 1 is 1.47 bits per heavy atom. The lowest BCUT2D eigenvalue weighted by Gasteiger charge is -2.24. The number of hydrogen-bond donors (Lipinski definition) is 1.